The highest BCUT2D eigenvalue weighted by atomic mass is 32.2. The third-order valence-corrected chi connectivity index (χ3v) is 9.04. The second-order valence-electron chi connectivity index (χ2n) is 7.72. The number of rotatable bonds is 6. The maximum atomic E-state index is 13.0. The maximum Gasteiger partial charge on any atom is 0.265 e. The van der Waals surface area contributed by atoms with Gasteiger partial charge in [0.15, 0.2) is 0 Å². The molecular weight excluding hydrogens is 424 g/mol. The van der Waals surface area contributed by atoms with E-state index in [-0.39, 0.29) is 9.79 Å². The molecule has 1 N–H and O–H groups in total. The average Bonchev–Trinajstić information content (AvgIpc) is 3.29. The Morgan fingerprint density at radius 3 is 2.07 bits per heavy atom. The van der Waals surface area contributed by atoms with E-state index in [9.17, 15) is 16.8 Å². The second-order valence-corrected chi connectivity index (χ2v) is 11.3. The standard InChI is InChI=1S/C21H26N2O5S2/c1-28-20-14-16-6-2-3-7-17(16)15-21(20)29(24,25)22-18-8-10-19(11-9-18)30(26,27)23-12-4-5-13-23/h8-11,14-15,22H,2-7,12-13H2,1H3. The smallest absolute Gasteiger partial charge is 0.265 e. The SMILES string of the molecule is COc1cc2c(cc1S(=O)(=O)Nc1ccc(S(=O)(=O)N3CCCC3)cc1)CCCC2. The highest BCUT2D eigenvalue weighted by Crippen LogP contribution is 2.33. The van der Waals surface area contributed by atoms with E-state index < -0.39 is 20.0 Å². The highest BCUT2D eigenvalue weighted by Gasteiger charge is 2.27. The molecule has 7 nitrogen and oxygen atoms in total. The summed E-state index contributed by atoms with van der Waals surface area (Å²) in [6.07, 6.45) is 5.63. The third kappa shape index (κ3) is 4.06. The second kappa shape index (κ2) is 8.20. The van der Waals surface area contributed by atoms with Gasteiger partial charge in [-0.05, 0) is 86.1 Å². The van der Waals surface area contributed by atoms with Crippen molar-refractivity contribution in [2.45, 2.75) is 48.3 Å². The van der Waals surface area contributed by atoms with Gasteiger partial charge in [-0.2, -0.15) is 4.31 Å². The first kappa shape index (κ1) is 21.1. The predicted octanol–water partition coefficient (Wildman–Crippen LogP) is 3.16. The lowest BCUT2D eigenvalue weighted by Crippen LogP contribution is -2.27. The zero-order valence-electron chi connectivity index (χ0n) is 16.9. The molecule has 1 fully saturated rings. The molecule has 2 aromatic carbocycles. The lowest BCUT2D eigenvalue weighted by Gasteiger charge is -2.20. The van der Waals surface area contributed by atoms with E-state index in [1.165, 1.54) is 35.7 Å². The first-order valence-corrected chi connectivity index (χ1v) is 13.1. The molecule has 1 aliphatic carbocycles. The Bertz CT molecular complexity index is 1140. The van der Waals surface area contributed by atoms with Crippen LogP contribution in [0, 0.1) is 0 Å². The van der Waals surface area contributed by atoms with Gasteiger partial charge in [-0.25, -0.2) is 16.8 Å². The van der Waals surface area contributed by atoms with Gasteiger partial charge in [-0.3, -0.25) is 4.72 Å². The number of fused-ring (bicyclic) bond motifs is 1. The molecule has 9 heteroatoms. The number of anilines is 1. The Balaban J connectivity index is 1.59. The van der Waals surface area contributed by atoms with Crippen molar-refractivity contribution < 1.29 is 21.6 Å². The fourth-order valence-electron chi connectivity index (χ4n) is 4.09. The van der Waals surface area contributed by atoms with Gasteiger partial charge in [0.25, 0.3) is 10.0 Å². The summed E-state index contributed by atoms with van der Waals surface area (Å²) in [7, 11) is -5.96. The number of hydrogen-bond donors (Lipinski definition) is 1. The van der Waals surface area contributed by atoms with Crippen LogP contribution in [0.5, 0.6) is 5.75 Å². The van der Waals surface area contributed by atoms with Crippen molar-refractivity contribution in [3.63, 3.8) is 0 Å². The monoisotopic (exact) mass is 450 g/mol. The van der Waals surface area contributed by atoms with E-state index >= 15 is 0 Å². The quantitative estimate of drug-likeness (QED) is 0.730. The molecule has 1 saturated heterocycles. The molecule has 0 aromatic heterocycles. The molecule has 2 aromatic rings. The summed E-state index contributed by atoms with van der Waals surface area (Å²) in [4.78, 5) is 0.262. The van der Waals surface area contributed by atoms with Crippen LogP contribution in [0.25, 0.3) is 0 Å². The van der Waals surface area contributed by atoms with Crippen LogP contribution in [-0.2, 0) is 32.9 Å². The molecule has 0 spiro atoms. The van der Waals surface area contributed by atoms with Crippen LogP contribution in [0.2, 0.25) is 0 Å². The Morgan fingerprint density at radius 1 is 0.867 bits per heavy atom. The van der Waals surface area contributed by atoms with Crippen LogP contribution in [-0.4, -0.2) is 41.3 Å². The van der Waals surface area contributed by atoms with Crippen LogP contribution in [0.15, 0.2) is 46.2 Å². The van der Waals surface area contributed by atoms with E-state index in [2.05, 4.69) is 4.72 Å². The molecule has 0 bridgehead atoms. The van der Waals surface area contributed by atoms with E-state index in [0.717, 1.165) is 49.7 Å². The van der Waals surface area contributed by atoms with Crippen LogP contribution < -0.4 is 9.46 Å². The first-order chi connectivity index (χ1) is 14.3. The summed E-state index contributed by atoms with van der Waals surface area (Å²) < 4.78 is 60.7. The Kier molecular flexibility index (Phi) is 5.78. The Hall–Kier alpha value is -2.10. The zero-order valence-corrected chi connectivity index (χ0v) is 18.6. The topological polar surface area (TPSA) is 92.8 Å². The Morgan fingerprint density at radius 2 is 1.47 bits per heavy atom. The van der Waals surface area contributed by atoms with E-state index in [1.807, 2.05) is 6.07 Å². The van der Waals surface area contributed by atoms with Gasteiger partial charge in [0.05, 0.1) is 12.0 Å². The molecular formula is C21H26N2O5S2. The molecule has 4 rings (SSSR count). The maximum absolute atomic E-state index is 13.0. The van der Waals surface area contributed by atoms with Crippen molar-refractivity contribution in [3.05, 3.63) is 47.5 Å². The van der Waals surface area contributed by atoms with Gasteiger partial charge in [0.2, 0.25) is 10.0 Å². The minimum Gasteiger partial charge on any atom is -0.495 e. The molecule has 2 aliphatic rings. The van der Waals surface area contributed by atoms with Crippen LogP contribution >= 0.6 is 0 Å². The van der Waals surface area contributed by atoms with Gasteiger partial charge in [-0.1, -0.05) is 0 Å². The fraction of sp³-hybridized carbons (Fsp3) is 0.429. The summed E-state index contributed by atoms with van der Waals surface area (Å²) in [6.45, 7) is 1.05. The van der Waals surface area contributed by atoms with Gasteiger partial charge >= 0.3 is 0 Å². The van der Waals surface area contributed by atoms with Crippen LogP contribution in [0.3, 0.4) is 0 Å². The van der Waals surface area contributed by atoms with Crippen molar-refractivity contribution in [1.82, 2.24) is 4.31 Å². The number of benzene rings is 2. The number of nitrogens with zero attached hydrogens (tertiary/aromatic N) is 1. The summed E-state index contributed by atoms with van der Waals surface area (Å²) in [6, 6.07) is 9.35. The minimum atomic E-state index is -3.89. The molecule has 0 amide bonds. The molecule has 30 heavy (non-hydrogen) atoms. The average molecular weight is 451 g/mol. The molecule has 0 unspecified atom stereocenters. The Labute approximate surface area is 178 Å². The van der Waals surface area contributed by atoms with Crippen molar-refractivity contribution >= 4 is 25.7 Å². The fourth-order valence-corrected chi connectivity index (χ4v) is 6.87. The third-order valence-electron chi connectivity index (χ3n) is 5.73. The van der Waals surface area contributed by atoms with Crippen molar-refractivity contribution in [1.29, 1.82) is 0 Å². The zero-order chi connectivity index (χ0) is 21.4. The normalized spacial score (nSPS) is 17.5. The first-order valence-electron chi connectivity index (χ1n) is 10.1. The highest BCUT2D eigenvalue weighted by molar-refractivity contribution is 7.92. The molecule has 0 saturated carbocycles. The summed E-state index contributed by atoms with van der Waals surface area (Å²) >= 11 is 0. The van der Waals surface area contributed by atoms with Crippen molar-refractivity contribution in [2.75, 3.05) is 24.9 Å². The number of methoxy groups -OCH3 is 1. The van der Waals surface area contributed by atoms with Crippen LogP contribution in [0.1, 0.15) is 36.8 Å². The van der Waals surface area contributed by atoms with E-state index in [4.69, 9.17) is 4.74 Å². The largest absolute Gasteiger partial charge is 0.495 e. The molecule has 1 heterocycles. The number of sulfonamides is 2. The molecule has 0 atom stereocenters. The van der Waals surface area contributed by atoms with Gasteiger partial charge in [-0.15, -0.1) is 0 Å². The van der Waals surface area contributed by atoms with Gasteiger partial charge in [0.1, 0.15) is 10.6 Å². The van der Waals surface area contributed by atoms with E-state index in [0.29, 0.717) is 24.5 Å². The summed E-state index contributed by atoms with van der Waals surface area (Å²) in [5, 5.41) is 0. The molecule has 0 radical (unpaired) electrons. The minimum absolute atomic E-state index is 0.0967. The number of hydrogen-bond acceptors (Lipinski definition) is 5. The van der Waals surface area contributed by atoms with Crippen LogP contribution in [0.4, 0.5) is 5.69 Å². The van der Waals surface area contributed by atoms with Gasteiger partial charge < -0.3 is 4.74 Å². The molecule has 162 valence electrons. The van der Waals surface area contributed by atoms with Crippen molar-refractivity contribution in [2.24, 2.45) is 0 Å². The summed E-state index contributed by atoms with van der Waals surface area (Å²) in [5.41, 5.74) is 2.47. The summed E-state index contributed by atoms with van der Waals surface area (Å²) in [5.74, 6) is 0.316. The lowest BCUT2D eigenvalue weighted by atomic mass is 9.92. The number of nitrogens with one attached hydrogen (secondary N) is 1. The lowest BCUT2D eigenvalue weighted by molar-refractivity contribution is 0.401. The number of aryl methyl sites for hydroxylation is 2. The van der Waals surface area contributed by atoms with Crippen molar-refractivity contribution in [3.8, 4) is 5.75 Å². The molecule has 1 aliphatic heterocycles. The number of ether oxygens (including phenoxy) is 1. The van der Waals surface area contributed by atoms with Gasteiger partial charge in [0, 0.05) is 18.8 Å². The predicted molar refractivity (Wildman–Crippen MR) is 115 cm³/mol. The van der Waals surface area contributed by atoms with E-state index in [1.54, 1.807) is 6.07 Å².